The van der Waals surface area contributed by atoms with Crippen LogP contribution < -0.4 is 5.32 Å². The number of amides is 2. The van der Waals surface area contributed by atoms with Gasteiger partial charge in [0.15, 0.2) is 0 Å². The summed E-state index contributed by atoms with van der Waals surface area (Å²) in [6, 6.07) is 12.2. The molecule has 1 aromatic carbocycles. The molecule has 0 fully saturated rings. The molecule has 0 saturated heterocycles. The molecule has 0 saturated carbocycles. The Morgan fingerprint density at radius 1 is 1.25 bits per heavy atom. The highest BCUT2D eigenvalue weighted by molar-refractivity contribution is 7.12. The topological polar surface area (TPSA) is 49.4 Å². The van der Waals surface area contributed by atoms with Crippen LogP contribution in [-0.2, 0) is 11.2 Å². The lowest BCUT2D eigenvalue weighted by molar-refractivity contribution is -0.132. The zero-order chi connectivity index (χ0) is 16.9. The summed E-state index contributed by atoms with van der Waals surface area (Å²) in [5.41, 5.74) is 2.63. The van der Waals surface area contributed by atoms with Crippen LogP contribution in [0, 0.1) is 0 Å². The molecular weight excluding hydrogens is 320 g/mol. The van der Waals surface area contributed by atoms with E-state index in [0.717, 1.165) is 12.8 Å². The minimum atomic E-state index is -0.0597. The Morgan fingerprint density at radius 2 is 2.08 bits per heavy atom. The van der Waals surface area contributed by atoms with Gasteiger partial charge < -0.3 is 10.2 Å². The molecule has 3 rings (SSSR count). The number of carbonyl (C=O) groups is 2. The first-order valence-electron chi connectivity index (χ1n) is 8.32. The SMILES string of the molecule is CN(C(=O)CCCNC(=O)c1cccs1)C1CCc2ccccc21. The van der Waals surface area contributed by atoms with E-state index in [2.05, 4.69) is 23.5 Å². The van der Waals surface area contributed by atoms with E-state index in [1.165, 1.54) is 22.5 Å². The van der Waals surface area contributed by atoms with E-state index in [9.17, 15) is 9.59 Å². The second-order valence-corrected chi connectivity index (χ2v) is 7.04. The number of hydrogen-bond donors (Lipinski definition) is 1. The van der Waals surface area contributed by atoms with Crippen molar-refractivity contribution in [2.24, 2.45) is 0 Å². The predicted octanol–water partition coefficient (Wildman–Crippen LogP) is 3.40. The molecule has 4 nitrogen and oxygen atoms in total. The second kappa shape index (κ2) is 7.62. The molecule has 1 atom stereocenters. The van der Waals surface area contributed by atoms with Crippen molar-refractivity contribution >= 4 is 23.2 Å². The summed E-state index contributed by atoms with van der Waals surface area (Å²) in [5, 5.41) is 4.75. The Balaban J connectivity index is 1.45. The van der Waals surface area contributed by atoms with Gasteiger partial charge in [0.2, 0.25) is 5.91 Å². The number of carbonyl (C=O) groups excluding carboxylic acids is 2. The Bertz CT molecular complexity index is 712. The van der Waals surface area contributed by atoms with Gasteiger partial charge in [-0.05, 0) is 41.8 Å². The first-order valence-corrected chi connectivity index (χ1v) is 9.20. The zero-order valence-corrected chi connectivity index (χ0v) is 14.6. The van der Waals surface area contributed by atoms with E-state index in [0.29, 0.717) is 24.3 Å². The monoisotopic (exact) mass is 342 g/mol. The Morgan fingerprint density at radius 3 is 2.88 bits per heavy atom. The van der Waals surface area contributed by atoms with E-state index >= 15 is 0 Å². The zero-order valence-electron chi connectivity index (χ0n) is 13.8. The first kappa shape index (κ1) is 16.7. The molecular formula is C19H22N2O2S. The number of hydrogen-bond acceptors (Lipinski definition) is 3. The van der Waals surface area contributed by atoms with E-state index in [1.807, 2.05) is 29.5 Å². The van der Waals surface area contributed by atoms with Crippen LogP contribution in [0.3, 0.4) is 0 Å². The van der Waals surface area contributed by atoms with Gasteiger partial charge in [-0.15, -0.1) is 11.3 Å². The van der Waals surface area contributed by atoms with Crippen molar-refractivity contribution in [1.82, 2.24) is 10.2 Å². The fourth-order valence-corrected chi connectivity index (χ4v) is 3.86. The van der Waals surface area contributed by atoms with Gasteiger partial charge in [0.1, 0.15) is 0 Å². The molecule has 5 heteroatoms. The van der Waals surface area contributed by atoms with Gasteiger partial charge in [0.05, 0.1) is 10.9 Å². The molecule has 0 radical (unpaired) electrons. The summed E-state index contributed by atoms with van der Waals surface area (Å²) >= 11 is 1.42. The first-order chi connectivity index (χ1) is 11.7. The Kier molecular flexibility index (Phi) is 5.30. The highest BCUT2D eigenvalue weighted by Gasteiger charge is 2.27. The standard InChI is InChI=1S/C19H22N2O2S/c1-21(16-11-10-14-6-2-3-7-15(14)16)18(22)9-4-12-20-19(23)17-8-5-13-24-17/h2-3,5-8,13,16H,4,9-12H2,1H3,(H,20,23). The molecule has 1 aromatic heterocycles. The second-order valence-electron chi connectivity index (χ2n) is 6.09. The predicted molar refractivity (Wildman–Crippen MR) is 96.2 cm³/mol. The maximum atomic E-state index is 12.4. The van der Waals surface area contributed by atoms with Crippen LogP contribution in [0.2, 0.25) is 0 Å². The number of nitrogens with zero attached hydrogens (tertiary/aromatic N) is 1. The molecule has 0 spiro atoms. The molecule has 1 aliphatic rings. The number of aryl methyl sites for hydroxylation is 1. The fourth-order valence-electron chi connectivity index (χ4n) is 3.22. The Hall–Kier alpha value is -2.14. The summed E-state index contributed by atoms with van der Waals surface area (Å²) in [6.07, 6.45) is 3.15. The van der Waals surface area contributed by atoms with Crippen molar-refractivity contribution in [2.45, 2.75) is 31.7 Å². The number of rotatable bonds is 6. The molecule has 1 N–H and O–H groups in total. The third-order valence-corrected chi connectivity index (χ3v) is 5.43. The molecule has 2 aromatic rings. The maximum absolute atomic E-state index is 12.4. The molecule has 24 heavy (non-hydrogen) atoms. The number of fused-ring (bicyclic) bond motifs is 1. The third kappa shape index (κ3) is 3.67. The summed E-state index contributed by atoms with van der Waals surface area (Å²) in [6.45, 7) is 0.525. The van der Waals surface area contributed by atoms with Crippen molar-refractivity contribution in [3.63, 3.8) is 0 Å². The minimum Gasteiger partial charge on any atom is -0.351 e. The Labute approximate surface area is 146 Å². The van der Waals surface area contributed by atoms with Crippen LogP contribution >= 0.6 is 11.3 Å². The van der Waals surface area contributed by atoms with E-state index in [4.69, 9.17) is 0 Å². The summed E-state index contributed by atoms with van der Waals surface area (Å²) in [4.78, 5) is 26.8. The maximum Gasteiger partial charge on any atom is 0.261 e. The lowest BCUT2D eigenvalue weighted by Crippen LogP contribution is -2.31. The third-order valence-electron chi connectivity index (χ3n) is 4.56. The highest BCUT2D eigenvalue weighted by Crippen LogP contribution is 2.35. The van der Waals surface area contributed by atoms with Crippen molar-refractivity contribution in [1.29, 1.82) is 0 Å². The normalized spacial score (nSPS) is 15.8. The largest absolute Gasteiger partial charge is 0.351 e. The van der Waals surface area contributed by atoms with Gasteiger partial charge in [0, 0.05) is 20.0 Å². The number of nitrogens with one attached hydrogen (secondary N) is 1. The van der Waals surface area contributed by atoms with Gasteiger partial charge in [-0.2, -0.15) is 0 Å². The number of thiophene rings is 1. The molecule has 0 aliphatic heterocycles. The molecule has 126 valence electrons. The van der Waals surface area contributed by atoms with Crippen LogP contribution in [0.5, 0.6) is 0 Å². The van der Waals surface area contributed by atoms with Crippen LogP contribution in [0.25, 0.3) is 0 Å². The van der Waals surface area contributed by atoms with Crippen LogP contribution in [0.15, 0.2) is 41.8 Å². The smallest absolute Gasteiger partial charge is 0.261 e. The van der Waals surface area contributed by atoms with Crippen LogP contribution in [-0.4, -0.2) is 30.3 Å². The lowest BCUT2D eigenvalue weighted by atomic mass is 10.1. The van der Waals surface area contributed by atoms with E-state index in [-0.39, 0.29) is 17.9 Å². The van der Waals surface area contributed by atoms with Gasteiger partial charge in [-0.3, -0.25) is 9.59 Å². The molecule has 1 heterocycles. The summed E-state index contributed by atoms with van der Waals surface area (Å²) in [7, 11) is 1.89. The van der Waals surface area contributed by atoms with Crippen LogP contribution in [0.1, 0.15) is 46.1 Å². The minimum absolute atomic E-state index is 0.0597. The summed E-state index contributed by atoms with van der Waals surface area (Å²) < 4.78 is 0. The highest BCUT2D eigenvalue weighted by atomic mass is 32.1. The van der Waals surface area contributed by atoms with Crippen molar-refractivity contribution in [2.75, 3.05) is 13.6 Å². The van der Waals surface area contributed by atoms with Gasteiger partial charge in [-0.25, -0.2) is 0 Å². The quantitative estimate of drug-likeness (QED) is 0.818. The fraction of sp³-hybridized carbons (Fsp3) is 0.368. The molecule has 1 unspecified atom stereocenters. The summed E-state index contributed by atoms with van der Waals surface area (Å²) in [5.74, 6) is 0.0811. The van der Waals surface area contributed by atoms with Gasteiger partial charge in [0.25, 0.3) is 5.91 Å². The van der Waals surface area contributed by atoms with Crippen molar-refractivity contribution < 1.29 is 9.59 Å². The van der Waals surface area contributed by atoms with Crippen molar-refractivity contribution in [3.05, 3.63) is 57.8 Å². The van der Waals surface area contributed by atoms with Crippen LogP contribution in [0.4, 0.5) is 0 Å². The number of benzene rings is 1. The van der Waals surface area contributed by atoms with Gasteiger partial charge >= 0.3 is 0 Å². The lowest BCUT2D eigenvalue weighted by Gasteiger charge is -2.25. The molecule has 2 amide bonds. The van der Waals surface area contributed by atoms with E-state index < -0.39 is 0 Å². The molecule has 1 aliphatic carbocycles. The average molecular weight is 342 g/mol. The van der Waals surface area contributed by atoms with Crippen molar-refractivity contribution in [3.8, 4) is 0 Å². The average Bonchev–Trinajstić information content (AvgIpc) is 3.27. The molecule has 0 bridgehead atoms. The van der Waals surface area contributed by atoms with E-state index in [1.54, 1.807) is 6.07 Å². The van der Waals surface area contributed by atoms with Gasteiger partial charge in [-0.1, -0.05) is 30.3 Å².